The first-order chi connectivity index (χ1) is 8.41. The quantitative estimate of drug-likeness (QED) is 0.906. The zero-order valence-electron chi connectivity index (χ0n) is 11.5. The third kappa shape index (κ3) is 3.07. The van der Waals surface area contributed by atoms with Crippen LogP contribution in [0.25, 0.3) is 0 Å². The number of hydrogen-bond acceptors (Lipinski definition) is 2. The van der Waals surface area contributed by atoms with Crippen LogP contribution in [0.3, 0.4) is 0 Å². The molecule has 0 bridgehead atoms. The Morgan fingerprint density at radius 1 is 1.33 bits per heavy atom. The van der Waals surface area contributed by atoms with Gasteiger partial charge in [0, 0.05) is 24.7 Å². The average Bonchev–Trinajstić information content (AvgIpc) is 2.76. The molecule has 0 saturated heterocycles. The molecule has 1 heterocycles. The SMILES string of the molecule is CC(C)c1ccnn1C(C)C1CC(F)(F)C1.CN. The lowest BCUT2D eigenvalue weighted by molar-refractivity contribution is -0.123. The summed E-state index contributed by atoms with van der Waals surface area (Å²) in [5.41, 5.74) is 5.63. The number of rotatable bonds is 3. The Morgan fingerprint density at radius 2 is 1.89 bits per heavy atom. The van der Waals surface area contributed by atoms with Crippen molar-refractivity contribution < 1.29 is 8.78 Å². The van der Waals surface area contributed by atoms with Gasteiger partial charge in [0.25, 0.3) is 0 Å². The van der Waals surface area contributed by atoms with E-state index in [4.69, 9.17) is 0 Å². The van der Waals surface area contributed by atoms with E-state index < -0.39 is 5.92 Å². The molecule has 0 radical (unpaired) electrons. The van der Waals surface area contributed by atoms with Crippen LogP contribution in [-0.4, -0.2) is 22.8 Å². The van der Waals surface area contributed by atoms with Crippen molar-refractivity contribution in [1.29, 1.82) is 0 Å². The predicted molar refractivity (Wildman–Crippen MR) is 68.8 cm³/mol. The summed E-state index contributed by atoms with van der Waals surface area (Å²) in [5, 5.41) is 4.26. The van der Waals surface area contributed by atoms with E-state index in [-0.39, 0.29) is 24.8 Å². The first-order valence-corrected chi connectivity index (χ1v) is 6.39. The molecule has 18 heavy (non-hydrogen) atoms. The second kappa shape index (κ2) is 5.78. The van der Waals surface area contributed by atoms with Crippen LogP contribution in [0.4, 0.5) is 8.78 Å². The number of nitrogens with two attached hydrogens (primary N) is 1. The Kier molecular flexibility index (Phi) is 4.85. The summed E-state index contributed by atoms with van der Waals surface area (Å²) in [6.07, 6.45) is 1.76. The second-order valence-corrected chi connectivity index (χ2v) is 5.12. The zero-order valence-corrected chi connectivity index (χ0v) is 11.5. The highest BCUT2D eigenvalue weighted by Gasteiger charge is 2.48. The van der Waals surface area contributed by atoms with Crippen molar-refractivity contribution in [3.8, 4) is 0 Å². The highest BCUT2D eigenvalue weighted by molar-refractivity contribution is 5.07. The largest absolute Gasteiger partial charge is 0.333 e. The van der Waals surface area contributed by atoms with E-state index in [1.807, 2.05) is 17.7 Å². The number of aromatic nitrogens is 2. The van der Waals surface area contributed by atoms with Crippen LogP contribution in [0.1, 0.15) is 51.3 Å². The summed E-state index contributed by atoms with van der Waals surface area (Å²) in [5.74, 6) is -2.00. The van der Waals surface area contributed by atoms with Crippen molar-refractivity contribution >= 4 is 0 Å². The van der Waals surface area contributed by atoms with Crippen LogP contribution in [0.15, 0.2) is 12.3 Å². The van der Waals surface area contributed by atoms with Crippen LogP contribution in [0.5, 0.6) is 0 Å². The van der Waals surface area contributed by atoms with E-state index in [9.17, 15) is 8.78 Å². The van der Waals surface area contributed by atoms with Crippen molar-refractivity contribution in [2.24, 2.45) is 11.7 Å². The molecule has 3 nitrogen and oxygen atoms in total. The molecule has 1 aliphatic carbocycles. The summed E-state index contributed by atoms with van der Waals surface area (Å²) in [6, 6.07) is 2.05. The third-order valence-corrected chi connectivity index (χ3v) is 3.48. The molecule has 1 aliphatic rings. The average molecular weight is 259 g/mol. The molecule has 0 spiro atoms. The van der Waals surface area contributed by atoms with Gasteiger partial charge in [-0.05, 0) is 31.9 Å². The van der Waals surface area contributed by atoms with Gasteiger partial charge in [-0.1, -0.05) is 13.8 Å². The fourth-order valence-corrected chi connectivity index (χ4v) is 2.37. The molecule has 1 unspecified atom stereocenters. The molecular formula is C13H23F2N3. The minimum atomic E-state index is -2.44. The Bertz CT molecular complexity index is 366. The Morgan fingerprint density at radius 3 is 2.33 bits per heavy atom. The van der Waals surface area contributed by atoms with Crippen molar-refractivity contribution in [2.45, 2.75) is 51.5 Å². The van der Waals surface area contributed by atoms with Gasteiger partial charge in [-0.2, -0.15) is 5.10 Å². The molecule has 1 saturated carbocycles. The Labute approximate surface area is 107 Å². The maximum absolute atomic E-state index is 12.8. The topological polar surface area (TPSA) is 43.8 Å². The van der Waals surface area contributed by atoms with Gasteiger partial charge in [-0.15, -0.1) is 0 Å². The first kappa shape index (κ1) is 15.1. The molecule has 0 aliphatic heterocycles. The standard InChI is InChI=1S/C12H18F2N2.CH5N/c1-8(2)11-4-5-15-16(11)9(3)10-6-12(13,14)7-10;1-2/h4-5,8-10H,6-7H2,1-3H3;2H2,1H3. The number of alkyl halides is 2. The zero-order chi connectivity index (χ0) is 13.9. The number of nitrogens with zero attached hydrogens (tertiary/aromatic N) is 2. The second-order valence-electron chi connectivity index (χ2n) is 5.12. The lowest BCUT2D eigenvalue weighted by Gasteiger charge is -2.39. The van der Waals surface area contributed by atoms with E-state index in [0.717, 1.165) is 5.69 Å². The lowest BCUT2D eigenvalue weighted by Crippen LogP contribution is -2.40. The fourth-order valence-electron chi connectivity index (χ4n) is 2.37. The highest BCUT2D eigenvalue weighted by atomic mass is 19.3. The van der Waals surface area contributed by atoms with Crippen LogP contribution >= 0.6 is 0 Å². The van der Waals surface area contributed by atoms with Gasteiger partial charge in [0.05, 0.1) is 6.04 Å². The maximum atomic E-state index is 12.8. The monoisotopic (exact) mass is 259 g/mol. The van der Waals surface area contributed by atoms with Crippen molar-refractivity contribution in [1.82, 2.24) is 9.78 Å². The summed E-state index contributed by atoms with van der Waals surface area (Å²) in [6.45, 7) is 6.17. The summed E-state index contributed by atoms with van der Waals surface area (Å²) >= 11 is 0. The van der Waals surface area contributed by atoms with Crippen molar-refractivity contribution in [3.05, 3.63) is 18.0 Å². The number of hydrogen-bond donors (Lipinski definition) is 1. The van der Waals surface area contributed by atoms with Gasteiger partial charge in [0.2, 0.25) is 5.92 Å². The van der Waals surface area contributed by atoms with Crippen molar-refractivity contribution in [2.75, 3.05) is 7.05 Å². The van der Waals surface area contributed by atoms with E-state index in [1.54, 1.807) is 6.20 Å². The predicted octanol–water partition coefficient (Wildman–Crippen LogP) is 3.19. The van der Waals surface area contributed by atoms with Crippen LogP contribution in [0, 0.1) is 5.92 Å². The van der Waals surface area contributed by atoms with Gasteiger partial charge in [-0.3, -0.25) is 4.68 Å². The summed E-state index contributed by atoms with van der Waals surface area (Å²) in [7, 11) is 1.50. The Balaban J connectivity index is 0.000000771. The lowest BCUT2D eigenvalue weighted by atomic mass is 9.77. The molecule has 104 valence electrons. The fraction of sp³-hybridized carbons (Fsp3) is 0.769. The molecular weight excluding hydrogens is 236 g/mol. The normalized spacial score (nSPS) is 20.0. The minimum Gasteiger partial charge on any atom is -0.333 e. The molecule has 5 heteroatoms. The summed E-state index contributed by atoms with van der Waals surface area (Å²) < 4.78 is 27.5. The third-order valence-electron chi connectivity index (χ3n) is 3.48. The minimum absolute atomic E-state index is 0.00552. The molecule has 2 rings (SSSR count). The van der Waals surface area contributed by atoms with Gasteiger partial charge >= 0.3 is 0 Å². The van der Waals surface area contributed by atoms with Crippen LogP contribution in [0.2, 0.25) is 0 Å². The van der Waals surface area contributed by atoms with E-state index in [0.29, 0.717) is 5.92 Å². The molecule has 1 aromatic rings. The molecule has 1 fully saturated rings. The van der Waals surface area contributed by atoms with Gasteiger partial charge in [-0.25, -0.2) is 8.78 Å². The van der Waals surface area contributed by atoms with Gasteiger partial charge < -0.3 is 5.73 Å². The number of halogens is 2. The van der Waals surface area contributed by atoms with Crippen LogP contribution in [-0.2, 0) is 0 Å². The van der Waals surface area contributed by atoms with Gasteiger partial charge in [0.1, 0.15) is 0 Å². The highest BCUT2D eigenvalue weighted by Crippen LogP contribution is 2.47. The molecule has 0 amide bonds. The first-order valence-electron chi connectivity index (χ1n) is 6.39. The van der Waals surface area contributed by atoms with E-state index in [1.165, 1.54) is 7.05 Å². The Hall–Kier alpha value is -0.970. The van der Waals surface area contributed by atoms with E-state index in [2.05, 4.69) is 24.7 Å². The van der Waals surface area contributed by atoms with Crippen molar-refractivity contribution in [3.63, 3.8) is 0 Å². The maximum Gasteiger partial charge on any atom is 0.248 e. The summed E-state index contributed by atoms with van der Waals surface area (Å²) in [4.78, 5) is 0. The molecule has 0 aromatic carbocycles. The smallest absolute Gasteiger partial charge is 0.248 e. The van der Waals surface area contributed by atoms with E-state index >= 15 is 0 Å². The molecule has 1 atom stereocenters. The van der Waals surface area contributed by atoms with Gasteiger partial charge in [0.15, 0.2) is 0 Å². The molecule has 2 N–H and O–H groups in total. The molecule has 1 aromatic heterocycles. The van der Waals surface area contributed by atoms with Crippen LogP contribution < -0.4 is 5.73 Å².